The van der Waals surface area contributed by atoms with Crippen LogP contribution in [0.2, 0.25) is 0 Å². The molecule has 1 fully saturated rings. The van der Waals surface area contributed by atoms with Gasteiger partial charge in [0.2, 0.25) is 0 Å². The lowest BCUT2D eigenvalue weighted by atomic mass is 9.87. The van der Waals surface area contributed by atoms with E-state index in [0.717, 1.165) is 36.1 Å². The third kappa shape index (κ3) is 4.83. The quantitative estimate of drug-likeness (QED) is 0.797. The Kier molecular flexibility index (Phi) is 5.64. The van der Waals surface area contributed by atoms with Crippen LogP contribution in [0.15, 0.2) is 12.1 Å². The molecule has 1 aromatic heterocycles. The molecule has 3 nitrogen and oxygen atoms in total. The number of hydrogen-bond acceptors (Lipinski definition) is 3. The Morgan fingerprint density at radius 1 is 1.26 bits per heavy atom. The average Bonchev–Trinajstić information content (AvgIpc) is 2.44. The summed E-state index contributed by atoms with van der Waals surface area (Å²) in [7, 11) is 1.70. The van der Waals surface area contributed by atoms with Crippen molar-refractivity contribution in [2.45, 2.75) is 52.0 Å². The van der Waals surface area contributed by atoms with Crippen LogP contribution >= 0.6 is 0 Å². The average molecular weight is 262 g/mol. The molecule has 1 aliphatic carbocycles. The molecular formula is C16H26N2O. The maximum Gasteiger partial charge on any atom is 0.122 e. The molecule has 3 heteroatoms. The fourth-order valence-electron chi connectivity index (χ4n) is 2.91. The summed E-state index contributed by atoms with van der Waals surface area (Å²) in [5.74, 6) is 1.85. The van der Waals surface area contributed by atoms with Crippen molar-refractivity contribution >= 4 is 0 Å². The topological polar surface area (TPSA) is 34.1 Å². The van der Waals surface area contributed by atoms with Crippen LogP contribution in [0.3, 0.4) is 0 Å². The zero-order valence-corrected chi connectivity index (χ0v) is 12.2. The van der Waals surface area contributed by atoms with Gasteiger partial charge in [-0.2, -0.15) is 0 Å². The number of rotatable bonds is 6. The van der Waals surface area contributed by atoms with Gasteiger partial charge in [-0.25, -0.2) is 0 Å². The summed E-state index contributed by atoms with van der Waals surface area (Å²) in [4.78, 5) is 4.52. The number of ether oxygens (including phenoxy) is 1. The summed E-state index contributed by atoms with van der Waals surface area (Å²) in [6.07, 6.45) is 8.47. The molecule has 0 saturated heterocycles. The van der Waals surface area contributed by atoms with Gasteiger partial charge in [0.1, 0.15) is 5.75 Å². The van der Waals surface area contributed by atoms with E-state index >= 15 is 0 Å². The second kappa shape index (κ2) is 7.49. The Balaban J connectivity index is 1.71. The van der Waals surface area contributed by atoms with E-state index in [1.165, 1.54) is 38.5 Å². The minimum absolute atomic E-state index is 0.838. The number of nitrogens with zero attached hydrogens (tertiary/aromatic N) is 1. The molecule has 0 aliphatic heterocycles. The van der Waals surface area contributed by atoms with Crippen LogP contribution in [0, 0.1) is 12.8 Å². The maximum atomic E-state index is 5.27. The fourth-order valence-corrected chi connectivity index (χ4v) is 2.91. The first-order chi connectivity index (χ1) is 9.28. The minimum Gasteiger partial charge on any atom is -0.497 e. The second-order valence-corrected chi connectivity index (χ2v) is 5.61. The lowest BCUT2D eigenvalue weighted by Crippen LogP contribution is -2.19. The first kappa shape index (κ1) is 14.3. The Hall–Kier alpha value is -1.09. The van der Waals surface area contributed by atoms with Crippen molar-refractivity contribution in [2.75, 3.05) is 13.7 Å². The third-order valence-electron chi connectivity index (χ3n) is 3.98. The number of pyridine rings is 1. The molecule has 0 radical (unpaired) electrons. The molecule has 19 heavy (non-hydrogen) atoms. The van der Waals surface area contributed by atoms with E-state index in [0.29, 0.717) is 0 Å². The van der Waals surface area contributed by atoms with Crippen LogP contribution in [-0.4, -0.2) is 18.6 Å². The summed E-state index contributed by atoms with van der Waals surface area (Å²) in [5, 5.41) is 3.51. The van der Waals surface area contributed by atoms with Gasteiger partial charge in [0.05, 0.1) is 12.8 Å². The summed E-state index contributed by atoms with van der Waals surface area (Å²) in [6, 6.07) is 3.98. The van der Waals surface area contributed by atoms with Crippen LogP contribution in [0.1, 0.15) is 49.9 Å². The third-order valence-corrected chi connectivity index (χ3v) is 3.98. The molecular weight excluding hydrogens is 236 g/mol. The van der Waals surface area contributed by atoms with E-state index in [9.17, 15) is 0 Å². The summed E-state index contributed by atoms with van der Waals surface area (Å²) < 4.78 is 5.27. The van der Waals surface area contributed by atoms with Gasteiger partial charge in [-0.1, -0.05) is 32.1 Å². The van der Waals surface area contributed by atoms with Gasteiger partial charge in [0.15, 0.2) is 0 Å². The van der Waals surface area contributed by atoms with Crippen LogP contribution < -0.4 is 10.1 Å². The zero-order chi connectivity index (χ0) is 13.5. The predicted octanol–water partition coefficient (Wildman–Crippen LogP) is 3.46. The van der Waals surface area contributed by atoms with Gasteiger partial charge in [-0.3, -0.25) is 4.98 Å². The molecule has 0 spiro atoms. The van der Waals surface area contributed by atoms with Gasteiger partial charge in [0.25, 0.3) is 0 Å². The molecule has 1 N–H and O–H groups in total. The second-order valence-electron chi connectivity index (χ2n) is 5.61. The number of methoxy groups -OCH3 is 1. The monoisotopic (exact) mass is 262 g/mol. The molecule has 0 amide bonds. The molecule has 1 aliphatic rings. The van der Waals surface area contributed by atoms with Crippen LogP contribution in [0.4, 0.5) is 0 Å². The number of nitrogens with one attached hydrogen (secondary N) is 1. The highest BCUT2D eigenvalue weighted by Gasteiger charge is 2.12. The molecule has 1 heterocycles. The molecule has 0 unspecified atom stereocenters. The maximum absolute atomic E-state index is 5.27. The van der Waals surface area contributed by atoms with Crippen molar-refractivity contribution in [1.82, 2.24) is 10.3 Å². The van der Waals surface area contributed by atoms with Crippen molar-refractivity contribution < 1.29 is 4.74 Å². The standard InChI is InChI=1S/C16H26N2O/c1-13-10-16(19-2)11-15(18-13)12-17-9-8-14-6-4-3-5-7-14/h10-11,14,17H,3-9,12H2,1-2H3. The first-order valence-electron chi connectivity index (χ1n) is 7.50. The molecule has 0 bridgehead atoms. The number of aromatic nitrogens is 1. The molecule has 1 saturated carbocycles. The van der Waals surface area contributed by atoms with Crippen LogP contribution in [-0.2, 0) is 6.54 Å². The van der Waals surface area contributed by atoms with Crippen molar-refractivity contribution in [2.24, 2.45) is 5.92 Å². The van der Waals surface area contributed by atoms with Crippen molar-refractivity contribution in [3.63, 3.8) is 0 Å². The molecule has 2 rings (SSSR count). The molecule has 0 aromatic carbocycles. The molecule has 106 valence electrons. The Morgan fingerprint density at radius 3 is 2.79 bits per heavy atom. The highest BCUT2D eigenvalue weighted by atomic mass is 16.5. The number of hydrogen-bond donors (Lipinski definition) is 1. The van der Waals surface area contributed by atoms with Gasteiger partial charge in [-0.15, -0.1) is 0 Å². The fraction of sp³-hybridized carbons (Fsp3) is 0.688. The minimum atomic E-state index is 0.838. The van der Waals surface area contributed by atoms with Gasteiger partial charge in [0, 0.05) is 24.4 Å². The van der Waals surface area contributed by atoms with Crippen LogP contribution in [0.5, 0.6) is 5.75 Å². The largest absolute Gasteiger partial charge is 0.497 e. The normalized spacial score (nSPS) is 16.5. The van der Waals surface area contributed by atoms with Gasteiger partial charge < -0.3 is 10.1 Å². The summed E-state index contributed by atoms with van der Waals surface area (Å²) >= 11 is 0. The predicted molar refractivity (Wildman–Crippen MR) is 78.4 cm³/mol. The lowest BCUT2D eigenvalue weighted by molar-refractivity contribution is 0.333. The van der Waals surface area contributed by atoms with Crippen molar-refractivity contribution in [1.29, 1.82) is 0 Å². The molecule has 1 aromatic rings. The summed E-state index contributed by atoms with van der Waals surface area (Å²) in [5.41, 5.74) is 2.09. The zero-order valence-electron chi connectivity index (χ0n) is 12.2. The Bertz CT molecular complexity index is 386. The first-order valence-corrected chi connectivity index (χ1v) is 7.50. The Labute approximate surface area is 116 Å². The van der Waals surface area contributed by atoms with E-state index in [4.69, 9.17) is 4.74 Å². The Morgan fingerprint density at radius 2 is 2.05 bits per heavy atom. The van der Waals surface area contributed by atoms with E-state index < -0.39 is 0 Å². The highest BCUT2D eigenvalue weighted by molar-refractivity contribution is 5.26. The highest BCUT2D eigenvalue weighted by Crippen LogP contribution is 2.25. The SMILES string of the molecule is COc1cc(C)nc(CNCCC2CCCCC2)c1. The lowest BCUT2D eigenvalue weighted by Gasteiger charge is -2.21. The van der Waals surface area contributed by atoms with E-state index in [1.807, 2.05) is 19.1 Å². The van der Waals surface area contributed by atoms with Gasteiger partial charge in [-0.05, 0) is 25.8 Å². The van der Waals surface area contributed by atoms with Crippen molar-refractivity contribution in [3.8, 4) is 5.75 Å². The smallest absolute Gasteiger partial charge is 0.122 e. The molecule has 0 atom stereocenters. The van der Waals surface area contributed by atoms with E-state index in [2.05, 4.69) is 10.3 Å². The van der Waals surface area contributed by atoms with E-state index in [-0.39, 0.29) is 0 Å². The number of aryl methyl sites for hydroxylation is 1. The van der Waals surface area contributed by atoms with E-state index in [1.54, 1.807) is 7.11 Å². The van der Waals surface area contributed by atoms with Crippen molar-refractivity contribution in [3.05, 3.63) is 23.5 Å². The van der Waals surface area contributed by atoms with Crippen LogP contribution in [0.25, 0.3) is 0 Å². The summed E-state index contributed by atoms with van der Waals surface area (Å²) in [6.45, 7) is 3.95. The van der Waals surface area contributed by atoms with Gasteiger partial charge >= 0.3 is 0 Å².